The van der Waals surface area contributed by atoms with Gasteiger partial charge in [-0.15, -0.1) is 0 Å². The predicted molar refractivity (Wildman–Crippen MR) is 89.3 cm³/mol. The first-order valence-corrected chi connectivity index (χ1v) is 8.19. The summed E-state index contributed by atoms with van der Waals surface area (Å²) in [5.41, 5.74) is -0.0933. The van der Waals surface area contributed by atoms with E-state index in [9.17, 15) is 0 Å². The SMILES string of the molecule is CCC1CN(C)CCCN1c1cc(Cl)nc(C(C)(C)C)n1. The van der Waals surface area contributed by atoms with Gasteiger partial charge in [-0.05, 0) is 26.4 Å². The number of rotatable bonds is 2. The van der Waals surface area contributed by atoms with Gasteiger partial charge in [0.15, 0.2) is 0 Å². The Balaban J connectivity index is 2.37. The van der Waals surface area contributed by atoms with Crippen LogP contribution in [0.25, 0.3) is 0 Å². The molecule has 1 atom stereocenters. The zero-order valence-corrected chi connectivity index (χ0v) is 14.6. The van der Waals surface area contributed by atoms with Crippen molar-refractivity contribution in [2.75, 3.05) is 31.6 Å². The number of likely N-dealkylation sites (N-methyl/N-ethyl adjacent to an activating group) is 1. The fourth-order valence-electron chi connectivity index (χ4n) is 2.78. The first kappa shape index (κ1) is 16.5. The van der Waals surface area contributed by atoms with Crippen LogP contribution in [0.15, 0.2) is 6.07 Å². The third kappa shape index (κ3) is 4.07. The molecule has 4 nitrogen and oxygen atoms in total. The molecule has 0 saturated carbocycles. The van der Waals surface area contributed by atoms with E-state index in [1.807, 2.05) is 6.07 Å². The monoisotopic (exact) mass is 310 g/mol. The highest BCUT2D eigenvalue weighted by Crippen LogP contribution is 2.26. The molecule has 2 rings (SSSR count). The smallest absolute Gasteiger partial charge is 0.137 e. The maximum absolute atomic E-state index is 6.25. The van der Waals surface area contributed by atoms with Crippen LogP contribution in [0.1, 0.15) is 46.4 Å². The highest BCUT2D eigenvalue weighted by molar-refractivity contribution is 6.29. The Morgan fingerprint density at radius 3 is 2.62 bits per heavy atom. The Morgan fingerprint density at radius 1 is 1.29 bits per heavy atom. The molecule has 5 heteroatoms. The van der Waals surface area contributed by atoms with Crippen molar-refractivity contribution in [3.63, 3.8) is 0 Å². The number of hydrogen-bond acceptors (Lipinski definition) is 4. The fraction of sp³-hybridized carbons (Fsp3) is 0.750. The molecular formula is C16H27ClN4. The lowest BCUT2D eigenvalue weighted by atomic mass is 9.96. The molecule has 0 N–H and O–H groups in total. The van der Waals surface area contributed by atoms with Crippen molar-refractivity contribution in [3.05, 3.63) is 17.0 Å². The number of hydrogen-bond donors (Lipinski definition) is 0. The molecule has 0 amide bonds. The Labute approximate surface area is 133 Å². The lowest BCUT2D eigenvalue weighted by Gasteiger charge is -2.32. The molecule has 1 aliphatic rings. The number of nitrogens with zero attached hydrogens (tertiary/aromatic N) is 4. The number of aromatic nitrogens is 2. The molecular weight excluding hydrogens is 284 g/mol. The molecule has 1 aromatic heterocycles. The zero-order chi connectivity index (χ0) is 15.6. The molecule has 118 valence electrons. The Kier molecular flexibility index (Phi) is 5.10. The molecule has 0 radical (unpaired) electrons. The standard InChI is InChI=1S/C16H27ClN4/c1-6-12-11-20(5)8-7-9-21(12)14-10-13(17)18-15(19-14)16(2,3)4/h10,12H,6-9,11H2,1-5H3. The van der Waals surface area contributed by atoms with E-state index in [4.69, 9.17) is 16.6 Å². The topological polar surface area (TPSA) is 32.3 Å². The Hall–Kier alpha value is -0.870. The second-order valence-electron chi connectivity index (χ2n) is 6.99. The summed E-state index contributed by atoms with van der Waals surface area (Å²) >= 11 is 6.25. The average Bonchev–Trinajstić information content (AvgIpc) is 2.58. The molecule has 2 heterocycles. The van der Waals surface area contributed by atoms with E-state index in [1.165, 1.54) is 0 Å². The van der Waals surface area contributed by atoms with Gasteiger partial charge in [0, 0.05) is 30.6 Å². The van der Waals surface area contributed by atoms with E-state index in [2.05, 4.69) is 49.5 Å². The summed E-state index contributed by atoms with van der Waals surface area (Å²) in [5.74, 6) is 1.79. The van der Waals surface area contributed by atoms with Crippen LogP contribution < -0.4 is 4.90 Å². The van der Waals surface area contributed by atoms with Crippen LogP contribution in [0, 0.1) is 0 Å². The van der Waals surface area contributed by atoms with Gasteiger partial charge >= 0.3 is 0 Å². The van der Waals surface area contributed by atoms with Crippen molar-refractivity contribution >= 4 is 17.4 Å². The van der Waals surface area contributed by atoms with Crippen LogP contribution in [0.5, 0.6) is 0 Å². The van der Waals surface area contributed by atoms with Crippen LogP contribution in [-0.4, -0.2) is 47.6 Å². The van der Waals surface area contributed by atoms with Crippen molar-refractivity contribution in [3.8, 4) is 0 Å². The second kappa shape index (κ2) is 6.49. The second-order valence-corrected chi connectivity index (χ2v) is 7.38. The molecule has 1 unspecified atom stereocenters. The quantitative estimate of drug-likeness (QED) is 0.784. The van der Waals surface area contributed by atoms with Crippen LogP contribution in [0.2, 0.25) is 5.15 Å². The average molecular weight is 311 g/mol. The molecule has 1 aliphatic heterocycles. The summed E-state index contributed by atoms with van der Waals surface area (Å²) in [7, 11) is 2.19. The number of anilines is 1. The zero-order valence-electron chi connectivity index (χ0n) is 13.9. The van der Waals surface area contributed by atoms with Crippen LogP contribution in [0.3, 0.4) is 0 Å². The summed E-state index contributed by atoms with van der Waals surface area (Å²) in [5, 5.41) is 0.539. The van der Waals surface area contributed by atoms with Gasteiger partial charge in [-0.3, -0.25) is 0 Å². The fourth-order valence-corrected chi connectivity index (χ4v) is 2.96. The van der Waals surface area contributed by atoms with Crippen LogP contribution in [-0.2, 0) is 5.41 Å². The first-order chi connectivity index (χ1) is 9.81. The third-order valence-corrected chi connectivity index (χ3v) is 4.21. The van der Waals surface area contributed by atoms with E-state index in [0.717, 1.165) is 44.1 Å². The predicted octanol–water partition coefficient (Wildman–Crippen LogP) is 3.35. The third-order valence-electron chi connectivity index (χ3n) is 4.02. The largest absolute Gasteiger partial charge is 0.352 e. The van der Waals surface area contributed by atoms with Crippen LogP contribution in [0.4, 0.5) is 5.82 Å². The van der Waals surface area contributed by atoms with Gasteiger partial charge in [-0.1, -0.05) is 39.3 Å². The molecule has 1 fully saturated rings. The molecule has 0 aliphatic carbocycles. The van der Waals surface area contributed by atoms with Crippen molar-refractivity contribution in [2.24, 2.45) is 0 Å². The van der Waals surface area contributed by atoms with Crippen LogP contribution >= 0.6 is 11.6 Å². The normalized spacial score (nSPS) is 21.4. The van der Waals surface area contributed by atoms with Gasteiger partial charge < -0.3 is 9.80 Å². The van der Waals surface area contributed by atoms with E-state index in [-0.39, 0.29) is 5.41 Å². The van der Waals surface area contributed by atoms with Gasteiger partial charge in [0.1, 0.15) is 16.8 Å². The highest BCUT2D eigenvalue weighted by atomic mass is 35.5. The lowest BCUT2D eigenvalue weighted by Crippen LogP contribution is -2.40. The summed E-state index contributed by atoms with van der Waals surface area (Å²) < 4.78 is 0. The number of halogens is 1. The van der Waals surface area contributed by atoms with Gasteiger partial charge in [-0.2, -0.15) is 0 Å². The maximum atomic E-state index is 6.25. The minimum Gasteiger partial charge on any atom is -0.352 e. The summed E-state index contributed by atoms with van der Waals surface area (Å²) in [6.45, 7) is 11.8. The van der Waals surface area contributed by atoms with Gasteiger partial charge in [0.2, 0.25) is 0 Å². The van der Waals surface area contributed by atoms with E-state index >= 15 is 0 Å². The Morgan fingerprint density at radius 2 is 2.00 bits per heavy atom. The van der Waals surface area contributed by atoms with E-state index < -0.39 is 0 Å². The van der Waals surface area contributed by atoms with E-state index in [0.29, 0.717) is 11.2 Å². The maximum Gasteiger partial charge on any atom is 0.137 e. The van der Waals surface area contributed by atoms with Crippen molar-refractivity contribution in [1.82, 2.24) is 14.9 Å². The Bertz CT molecular complexity index is 484. The molecule has 0 aromatic carbocycles. The molecule has 0 spiro atoms. The van der Waals surface area contributed by atoms with E-state index in [1.54, 1.807) is 0 Å². The van der Waals surface area contributed by atoms with Gasteiger partial charge in [-0.25, -0.2) is 9.97 Å². The molecule has 0 bridgehead atoms. The van der Waals surface area contributed by atoms with Crippen molar-refractivity contribution in [1.29, 1.82) is 0 Å². The highest BCUT2D eigenvalue weighted by Gasteiger charge is 2.26. The van der Waals surface area contributed by atoms with Gasteiger partial charge in [0.25, 0.3) is 0 Å². The molecule has 1 aromatic rings. The van der Waals surface area contributed by atoms with Gasteiger partial charge in [0.05, 0.1) is 0 Å². The minimum atomic E-state index is -0.0933. The first-order valence-electron chi connectivity index (χ1n) is 7.81. The summed E-state index contributed by atoms with van der Waals surface area (Å²) in [6, 6.07) is 2.39. The van der Waals surface area contributed by atoms with Crippen molar-refractivity contribution in [2.45, 2.75) is 52.0 Å². The summed E-state index contributed by atoms with van der Waals surface area (Å²) in [4.78, 5) is 14.0. The molecule has 1 saturated heterocycles. The summed E-state index contributed by atoms with van der Waals surface area (Å²) in [6.07, 6.45) is 2.26. The van der Waals surface area contributed by atoms with Crippen molar-refractivity contribution < 1.29 is 0 Å². The molecule has 21 heavy (non-hydrogen) atoms. The minimum absolute atomic E-state index is 0.0933. The lowest BCUT2D eigenvalue weighted by molar-refractivity contribution is 0.327.